The summed E-state index contributed by atoms with van der Waals surface area (Å²) in [4.78, 5) is 0. The van der Waals surface area contributed by atoms with E-state index in [0.717, 1.165) is 5.92 Å². The zero-order valence-corrected chi connectivity index (χ0v) is 9.88. The Kier molecular flexibility index (Phi) is 4.50. The first-order valence-corrected chi connectivity index (χ1v) is 6.80. The number of hydrogen-bond donors (Lipinski definition) is 0. The van der Waals surface area contributed by atoms with Crippen molar-refractivity contribution in [3.05, 3.63) is 23.8 Å². The highest BCUT2D eigenvalue weighted by atomic mass is 14.1. The summed E-state index contributed by atoms with van der Waals surface area (Å²) in [6.07, 6.45) is 21.4. The minimum atomic E-state index is 0.893. The predicted molar refractivity (Wildman–Crippen MR) is 66.9 cm³/mol. The highest BCUT2D eigenvalue weighted by molar-refractivity contribution is 5.04. The lowest BCUT2D eigenvalue weighted by Crippen LogP contribution is -1.99. The van der Waals surface area contributed by atoms with E-state index in [-0.39, 0.29) is 0 Å². The number of rotatable bonds is 0. The zero-order valence-electron chi connectivity index (χ0n) is 9.88. The molecule has 0 unspecified atom stereocenters. The summed E-state index contributed by atoms with van der Waals surface area (Å²) in [7, 11) is 0. The lowest BCUT2D eigenvalue weighted by atomic mass is 9.91. The molecule has 0 heteroatoms. The molecule has 0 nitrogen and oxygen atoms in total. The van der Waals surface area contributed by atoms with E-state index in [9.17, 15) is 0 Å². The van der Waals surface area contributed by atoms with Gasteiger partial charge in [0.2, 0.25) is 0 Å². The smallest absolute Gasteiger partial charge is 0.0234 e. The highest BCUT2D eigenvalue weighted by Gasteiger charge is 2.09. The summed E-state index contributed by atoms with van der Waals surface area (Å²) in [5.41, 5.74) is 1.75. The van der Waals surface area contributed by atoms with Crippen LogP contribution in [-0.4, -0.2) is 0 Å². The Balaban J connectivity index is 2.07. The molecule has 3 rings (SSSR count). The Bertz CT molecular complexity index is 220. The molecular formula is C15H24. The normalized spacial score (nSPS) is 30.9. The standard InChI is InChI=1S/C15H24/c1-2-8-14-10-4-6-12-15(9-3-1)13-7-5-11-14/h2,8-9,14H,1,3-7,10-13H2/b8-2+,15-9?. The van der Waals surface area contributed by atoms with Gasteiger partial charge < -0.3 is 0 Å². The van der Waals surface area contributed by atoms with Gasteiger partial charge in [0.05, 0.1) is 0 Å². The molecule has 0 aromatic heterocycles. The topological polar surface area (TPSA) is 0 Å². The van der Waals surface area contributed by atoms with Crippen LogP contribution in [0.1, 0.15) is 64.2 Å². The Morgan fingerprint density at radius 3 is 2.33 bits per heavy atom. The second kappa shape index (κ2) is 6.15. The molecule has 0 aromatic rings. The zero-order chi connectivity index (χ0) is 10.3. The Morgan fingerprint density at radius 2 is 1.60 bits per heavy atom. The van der Waals surface area contributed by atoms with Crippen LogP contribution in [0.5, 0.6) is 0 Å². The fraction of sp³-hybridized carbons (Fsp3) is 0.733. The molecule has 1 fully saturated rings. The van der Waals surface area contributed by atoms with Gasteiger partial charge in [-0.2, -0.15) is 0 Å². The van der Waals surface area contributed by atoms with E-state index < -0.39 is 0 Å². The summed E-state index contributed by atoms with van der Waals surface area (Å²) in [5.74, 6) is 0.893. The van der Waals surface area contributed by atoms with Crippen molar-refractivity contribution in [2.45, 2.75) is 64.2 Å². The Hall–Kier alpha value is -0.520. The van der Waals surface area contributed by atoms with Gasteiger partial charge in [0.25, 0.3) is 0 Å². The molecule has 0 atom stereocenters. The number of allylic oxidation sites excluding steroid dienone is 4. The van der Waals surface area contributed by atoms with Gasteiger partial charge in [-0.3, -0.25) is 0 Å². The third-order valence-electron chi connectivity index (χ3n) is 3.82. The maximum absolute atomic E-state index is 2.52. The molecule has 0 heterocycles. The molecule has 2 bridgehead atoms. The van der Waals surface area contributed by atoms with Gasteiger partial charge in [-0.25, -0.2) is 0 Å². The molecule has 0 aromatic carbocycles. The molecule has 0 amide bonds. The minimum absolute atomic E-state index is 0.893. The van der Waals surface area contributed by atoms with E-state index in [1.54, 1.807) is 5.57 Å². The third-order valence-corrected chi connectivity index (χ3v) is 3.82. The SMILES string of the molecule is C1=C2CCCCC(/C=C/CC1)CCCC2. The summed E-state index contributed by atoms with van der Waals surface area (Å²) < 4.78 is 0. The van der Waals surface area contributed by atoms with Crippen molar-refractivity contribution in [3.63, 3.8) is 0 Å². The van der Waals surface area contributed by atoms with Gasteiger partial charge in [0.15, 0.2) is 0 Å². The average molecular weight is 204 g/mol. The molecule has 3 aliphatic rings. The third kappa shape index (κ3) is 3.85. The van der Waals surface area contributed by atoms with Crippen LogP contribution in [0.25, 0.3) is 0 Å². The van der Waals surface area contributed by atoms with Crippen LogP contribution < -0.4 is 0 Å². The van der Waals surface area contributed by atoms with Crippen LogP contribution in [-0.2, 0) is 0 Å². The second-order valence-corrected chi connectivity index (χ2v) is 5.12. The van der Waals surface area contributed by atoms with Crippen LogP contribution in [0.2, 0.25) is 0 Å². The fourth-order valence-corrected chi connectivity index (χ4v) is 2.86. The predicted octanol–water partition coefficient (Wildman–Crippen LogP) is 5.01. The minimum Gasteiger partial charge on any atom is -0.0880 e. The fourth-order valence-electron chi connectivity index (χ4n) is 2.86. The van der Waals surface area contributed by atoms with Gasteiger partial charge in [0, 0.05) is 0 Å². The van der Waals surface area contributed by atoms with Crippen molar-refractivity contribution < 1.29 is 0 Å². The van der Waals surface area contributed by atoms with Gasteiger partial charge in [-0.15, -0.1) is 0 Å². The average Bonchev–Trinajstić information content (AvgIpc) is 2.34. The molecule has 1 saturated carbocycles. The van der Waals surface area contributed by atoms with Crippen LogP contribution in [0.4, 0.5) is 0 Å². The van der Waals surface area contributed by atoms with Crippen LogP contribution in [0.3, 0.4) is 0 Å². The molecular weight excluding hydrogens is 180 g/mol. The summed E-state index contributed by atoms with van der Waals surface area (Å²) in [6.45, 7) is 0. The van der Waals surface area contributed by atoms with Gasteiger partial charge in [-0.05, 0) is 57.3 Å². The van der Waals surface area contributed by atoms with E-state index in [2.05, 4.69) is 18.2 Å². The van der Waals surface area contributed by atoms with Gasteiger partial charge >= 0.3 is 0 Å². The Labute approximate surface area is 94.5 Å². The van der Waals surface area contributed by atoms with E-state index >= 15 is 0 Å². The van der Waals surface area contributed by atoms with E-state index in [0.29, 0.717) is 0 Å². The summed E-state index contributed by atoms with van der Waals surface area (Å²) in [6, 6.07) is 0. The van der Waals surface area contributed by atoms with Crippen LogP contribution in [0.15, 0.2) is 23.8 Å². The van der Waals surface area contributed by atoms with Crippen molar-refractivity contribution >= 4 is 0 Å². The molecule has 0 saturated heterocycles. The molecule has 0 spiro atoms. The van der Waals surface area contributed by atoms with Crippen molar-refractivity contribution in [2.24, 2.45) is 5.92 Å². The molecule has 0 N–H and O–H groups in total. The van der Waals surface area contributed by atoms with Gasteiger partial charge in [-0.1, -0.05) is 36.6 Å². The first kappa shape index (κ1) is 11.0. The molecule has 0 aliphatic heterocycles. The molecule has 0 radical (unpaired) electrons. The largest absolute Gasteiger partial charge is 0.0880 e. The van der Waals surface area contributed by atoms with Crippen molar-refractivity contribution in [1.82, 2.24) is 0 Å². The van der Waals surface area contributed by atoms with Crippen LogP contribution in [0, 0.1) is 5.92 Å². The van der Waals surface area contributed by atoms with Crippen molar-refractivity contribution in [1.29, 1.82) is 0 Å². The lowest BCUT2D eigenvalue weighted by molar-refractivity contribution is 0.470. The van der Waals surface area contributed by atoms with E-state index in [1.807, 2.05) is 0 Å². The second-order valence-electron chi connectivity index (χ2n) is 5.12. The van der Waals surface area contributed by atoms with Crippen LogP contribution >= 0.6 is 0 Å². The molecule has 15 heavy (non-hydrogen) atoms. The van der Waals surface area contributed by atoms with E-state index in [4.69, 9.17) is 0 Å². The summed E-state index contributed by atoms with van der Waals surface area (Å²) in [5, 5.41) is 0. The van der Waals surface area contributed by atoms with Crippen molar-refractivity contribution in [2.75, 3.05) is 0 Å². The maximum atomic E-state index is 2.52. The highest BCUT2D eigenvalue weighted by Crippen LogP contribution is 2.26. The number of fused-ring (bicyclic) bond motifs is 9. The maximum Gasteiger partial charge on any atom is -0.0234 e. The quantitative estimate of drug-likeness (QED) is 0.486. The monoisotopic (exact) mass is 204 g/mol. The van der Waals surface area contributed by atoms with E-state index in [1.165, 1.54) is 64.2 Å². The Morgan fingerprint density at radius 1 is 0.867 bits per heavy atom. The first-order chi connectivity index (χ1) is 7.45. The summed E-state index contributed by atoms with van der Waals surface area (Å²) >= 11 is 0. The van der Waals surface area contributed by atoms with Gasteiger partial charge in [0.1, 0.15) is 0 Å². The first-order valence-electron chi connectivity index (χ1n) is 6.80. The molecule has 84 valence electrons. The van der Waals surface area contributed by atoms with Crippen molar-refractivity contribution in [3.8, 4) is 0 Å². The number of hydrogen-bond acceptors (Lipinski definition) is 0. The molecule has 3 aliphatic carbocycles. The lowest BCUT2D eigenvalue weighted by Gasteiger charge is -2.15.